The molecule has 5 heteroatoms. The predicted octanol–water partition coefficient (Wildman–Crippen LogP) is 6.99. The highest BCUT2D eigenvalue weighted by Gasteiger charge is 2.52. The molecule has 1 saturated heterocycles. The van der Waals surface area contributed by atoms with Crippen LogP contribution < -0.4 is 15.1 Å². The van der Waals surface area contributed by atoms with Crippen LogP contribution >= 0.6 is 0 Å². The first kappa shape index (κ1) is 22.1. The lowest BCUT2D eigenvalue weighted by atomic mass is 9.77. The summed E-state index contributed by atoms with van der Waals surface area (Å²) in [5, 5.41) is 0. The van der Waals surface area contributed by atoms with E-state index in [1.54, 1.807) is 0 Å². The highest BCUT2D eigenvalue weighted by Crippen LogP contribution is 2.52. The van der Waals surface area contributed by atoms with Gasteiger partial charge in [-0.15, -0.1) is 0 Å². The Morgan fingerprint density at radius 3 is 2.06 bits per heavy atom. The van der Waals surface area contributed by atoms with E-state index in [9.17, 15) is 0 Å². The first-order valence-corrected chi connectivity index (χ1v) is 11.8. The topological polar surface area (TPSA) is 30.9 Å². The minimum Gasteiger partial charge on any atom is -0.453 e. The van der Waals surface area contributed by atoms with Crippen molar-refractivity contribution >= 4 is 29.6 Å². The standard InChI is InChI=1S/C28H32BNO3/c1-18(2)21-12-8-9-13-22(21)30-23-14-10-11-15-24(23)31-25-17-20(16-19(3)26(25)30)29-32-27(4,5)28(6,7)33-29/h8-18H,1-7H3. The molecule has 2 heterocycles. The summed E-state index contributed by atoms with van der Waals surface area (Å²) in [6.07, 6.45) is 0. The van der Waals surface area contributed by atoms with E-state index in [4.69, 9.17) is 14.0 Å². The number of anilines is 3. The first-order chi connectivity index (χ1) is 15.6. The highest BCUT2D eigenvalue weighted by atomic mass is 16.7. The van der Waals surface area contributed by atoms with E-state index in [0.717, 1.165) is 33.9 Å². The Balaban J connectivity index is 1.67. The van der Waals surface area contributed by atoms with Crippen LogP contribution in [0.15, 0.2) is 60.7 Å². The maximum Gasteiger partial charge on any atom is 0.494 e. The minimum atomic E-state index is -0.434. The Labute approximate surface area is 197 Å². The van der Waals surface area contributed by atoms with Crippen molar-refractivity contribution in [1.82, 2.24) is 0 Å². The monoisotopic (exact) mass is 441 g/mol. The molecular formula is C28H32BNO3. The lowest BCUT2D eigenvalue weighted by Gasteiger charge is -2.36. The molecule has 0 aromatic heterocycles. The second-order valence-corrected chi connectivity index (χ2v) is 10.4. The SMILES string of the molecule is Cc1cc(B2OC(C)(C)C(C)(C)O2)cc2c1N(c1ccccc1C(C)C)c1ccccc1O2. The van der Waals surface area contributed by atoms with Gasteiger partial charge < -0.3 is 18.9 Å². The van der Waals surface area contributed by atoms with E-state index < -0.39 is 18.3 Å². The summed E-state index contributed by atoms with van der Waals surface area (Å²) in [4.78, 5) is 2.34. The van der Waals surface area contributed by atoms with Crippen LogP contribution in [0.5, 0.6) is 11.5 Å². The zero-order valence-electron chi connectivity index (χ0n) is 20.6. The van der Waals surface area contributed by atoms with Crippen LogP contribution in [0.2, 0.25) is 0 Å². The van der Waals surface area contributed by atoms with Crippen LogP contribution in [-0.2, 0) is 9.31 Å². The van der Waals surface area contributed by atoms with Crippen molar-refractivity contribution in [3.63, 3.8) is 0 Å². The average Bonchev–Trinajstić information content (AvgIpc) is 2.99. The van der Waals surface area contributed by atoms with Gasteiger partial charge in [0, 0.05) is 5.69 Å². The molecule has 4 nitrogen and oxygen atoms in total. The molecule has 3 aromatic carbocycles. The minimum absolute atomic E-state index is 0.392. The van der Waals surface area contributed by atoms with E-state index >= 15 is 0 Å². The number of fused-ring (bicyclic) bond motifs is 2. The van der Waals surface area contributed by atoms with E-state index in [-0.39, 0.29) is 0 Å². The molecule has 2 aliphatic rings. The van der Waals surface area contributed by atoms with E-state index in [1.165, 1.54) is 11.3 Å². The zero-order valence-corrected chi connectivity index (χ0v) is 20.6. The number of rotatable bonds is 3. The normalized spacial score (nSPS) is 18.2. The molecule has 0 radical (unpaired) electrons. The Morgan fingerprint density at radius 2 is 1.39 bits per heavy atom. The molecule has 5 rings (SSSR count). The van der Waals surface area contributed by atoms with Crippen molar-refractivity contribution in [3.8, 4) is 11.5 Å². The fourth-order valence-corrected chi connectivity index (χ4v) is 4.65. The number of hydrogen-bond acceptors (Lipinski definition) is 4. The second kappa shape index (κ2) is 7.64. The molecule has 0 N–H and O–H groups in total. The smallest absolute Gasteiger partial charge is 0.453 e. The fraction of sp³-hybridized carbons (Fsp3) is 0.357. The molecule has 0 amide bonds. The van der Waals surface area contributed by atoms with Crippen molar-refractivity contribution in [1.29, 1.82) is 0 Å². The Hall–Kier alpha value is -2.76. The zero-order chi connectivity index (χ0) is 23.5. The van der Waals surface area contributed by atoms with Crippen molar-refractivity contribution in [2.24, 2.45) is 0 Å². The molecule has 0 unspecified atom stereocenters. The molecule has 170 valence electrons. The third kappa shape index (κ3) is 3.55. The lowest BCUT2D eigenvalue weighted by molar-refractivity contribution is 0.00578. The third-order valence-corrected chi connectivity index (χ3v) is 7.16. The summed E-state index contributed by atoms with van der Waals surface area (Å²) < 4.78 is 19.1. The third-order valence-electron chi connectivity index (χ3n) is 7.16. The number of nitrogens with zero attached hydrogens (tertiary/aromatic N) is 1. The summed E-state index contributed by atoms with van der Waals surface area (Å²) >= 11 is 0. The van der Waals surface area contributed by atoms with Gasteiger partial charge in [0.25, 0.3) is 0 Å². The molecule has 3 aromatic rings. The number of aryl methyl sites for hydroxylation is 1. The molecule has 0 atom stereocenters. The van der Waals surface area contributed by atoms with Crippen LogP contribution in [0, 0.1) is 6.92 Å². The van der Waals surface area contributed by atoms with E-state index in [0.29, 0.717) is 5.92 Å². The van der Waals surface area contributed by atoms with Gasteiger partial charge in [-0.3, -0.25) is 0 Å². The van der Waals surface area contributed by atoms with Gasteiger partial charge in [-0.05, 0) is 81.4 Å². The number of hydrogen-bond donors (Lipinski definition) is 0. The van der Waals surface area contributed by atoms with Crippen LogP contribution in [0.3, 0.4) is 0 Å². The van der Waals surface area contributed by atoms with E-state index in [2.05, 4.69) is 102 Å². The van der Waals surface area contributed by atoms with Crippen LogP contribution in [0.4, 0.5) is 17.1 Å². The molecule has 33 heavy (non-hydrogen) atoms. The maximum absolute atomic E-state index is 6.46. The summed E-state index contributed by atoms with van der Waals surface area (Å²) in [5.41, 5.74) is 5.89. The molecule has 0 aliphatic carbocycles. The summed E-state index contributed by atoms with van der Waals surface area (Å²) in [7, 11) is -0.434. The van der Waals surface area contributed by atoms with E-state index in [1.807, 2.05) is 12.1 Å². The fourth-order valence-electron chi connectivity index (χ4n) is 4.65. The highest BCUT2D eigenvalue weighted by molar-refractivity contribution is 6.62. The molecular weight excluding hydrogens is 409 g/mol. The quantitative estimate of drug-likeness (QED) is 0.321. The Kier molecular flexibility index (Phi) is 5.11. The van der Waals surface area contributed by atoms with Gasteiger partial charge >= 0.3 is 7.12 Å². The Morgan fingerprint density at radius 1 is 0.788 bits per heavy atom. The molecule has 2 aliphatic heterocycles. The number of benzene rings is 3. The molecule has 0 spiro atoms. The van der Waals surface area contributed by atoms with Crippen molar-refractivity contribution in [2.45, 2.75) is 65.6 Å². The number of para-hydroxylation sites is 3. The second-order valence-electron chi connectivity index (χ2n) is 10.4. The van der Waals surface area contributed by atoms with Gasteiger partial charge in [-0.25, -0.2) is 0 Å². The molecule has 0 bridgehead atoms. The summed E-state index contributed by atoms with van der Waals surface area (Å²) in [6.45, 7) is 14.9. The van der Waals surface area contributed by atoms with Gasteiger partial charge in [0.15, 0.2) is 11.5 Å². The summed E-state index contributed by atoms with van der Waals surface area (Å²) in [5.74, 6) is 2.05. The molecule has 1 fully saturated rings. The van der Waals surface area contributed by atoms with Crippen LogP contribution in [0.1, 0.15) is 58.6 Å². The number of ether oxygens (including phenoxy) is 1. The molecule has 0 saturated carbocycles. The van der Waals surface area contributed by atoms with Gasteiger partial charge in [-0.1, -0.05) is 50.2 Å². The van der Waals surface area contributed by atoms with Gasteiger partial charge in [0.05, 0.1) is 22.6 Å². The van der Waals surface area contributed by atoms with Crippen LogP contribution in [0.25, 0.3) is 0 Å². The van der Waals surface area contributed by atoms with Gasteiger partial charge in [-0.2, -0.15) is 0 Å². The van der Waals surface area contributed by atoms with Crippen molar-refractivity contribution in [2.75, 3.05) is 4.90 Å². The predicted molar refractivity (Wildman–Crippen MR) is 136 cm³/mol. The summed E-state index contributed by atoms with van der Waals surface area (Å²) in [6, 6.07) is 21.1. The van der Waals surface area contributed by atoms with Gasteiger partial charge in [0.2, 0.25) is 0 Å². The van der Waals surface area contributed by atoms with Crippen molar-refractivity contribution < 1.29 is 14.0 Å². The average molecular weight is 441 g/mol. The maximum atomic E-state index is 6.46. The van der Waals surface area contributed by atoms with Gasteiger partial charge in [0.1, 0.15) is 0 Å². The largest absolute Gasteiger partial charge is 0.494 e. The van der Waals surface area contributed by atoms with Crippen molar-refractivity contribution in [3.05, 3.63) is 71.8 Å². The Bertz CT molecular complexity index is 1200. The lowest BCUT2D eigenvalue weighted by Crippen LogP contribution is -2.41. The van der Waals surface area contributed by atoms with Crippen LogP contribution in [-0.4, -0.2) is 18.3 Å². The first-order valence-electron chi connectivity index (χ1n) is 11.8.